The normalized spacial score (nSPS) is 29.1. The molecule has 2 unspecified atom stereocenters. The van der Waals surface area contributed by atoms with E-state index in [2.05, 4.69) is 18.7 Å². The summed E-state index contributed by atoms with van der Waals surface area (Å²) in [6.07, 6.45) is 6.71. The van der Waals surface area contributed by atoms with E-state index < -0.39 is 0 Å². The molecular formula is C12H26N2. The van der Waals surface area contributed by atoms with Crippen molar-refractivity contribution in [3.05, 3.63) is 0 Å². The third kappa shape index (κ3) is 3.58. The average Bonchev–Trinajstić information content (AvgIpc) is 2.40. The van der Waals surface area contributed by atoms with Crippen molar-refractivity contribution in [3.8, 4) is 0 Å². The van der Waals surface area contributed by atoms with Gasteiger partial charge in [0.15, 0.2) is 0 Å². The van der Waals surface area contributed by atoms with E-state index in [0.29, 0.717) is 6.04 Å². The summed E-state index contributed by atoms with van der Waals surface area (Å²) in [4.78, 5) is 2.51. The molecule has 0 heterocycles. The molecule has 0 aliphatic heterocycles. The molecule has 0 aromatic carbocycles. The predicted molar refractivity (Wildman–Crippen MR) is 62.3 cm³/mol. The van der Waals surface area contributed by atoms with Crippen LogP contribution in [0.5, 0.6) is 0 Å². The van der Waals surface area contributed by atoms with E-state index >= 15 is 0 Å². The molecule has 2 atom stereocenters. The van der Waals surface area contributed by atoms with Gasteiger partial charge in [0.2, 0.25) is 0 Å². The molecule has 0 bridgehead atoms. The van der Waals surface area contributed by atoms with Gasteiger partial charge in [0.05, 0.1) is 0 Å². The average molecular weight is 198 g/mol. The Kier molecular flexibility index (Phi) is 5.49. The molecule has 0 aromatic rings. The van der Waals surface area contributed by atoms with Crippen molar-refractivity contribution in [2.45, 2.75) is 52.0 Å². The lowest BCUT2D eigenvalue weighted by Crippen LogP contribution is -2.38. The van der Waals surface area contributed by atoms with E-state index in [1.165, 1.54) is 51.7 Å². The first kappa shape index (κ1) is 12.0. The number of nitrogens with zero attached hydrogens (tertiary/aromatic N) is 1. The first-order valence-corrected chi connectivity index (χ1v) is 6.25. The summed E-state index contributed by atoms with van der Waals surface area (Å²) >= 11 is 0. The van der Waals surface area contributed by atoms with Crippen LogP contribution in [0.25, 0.3) is 0 Å². The van der Waals surface area contributed by atoms with Gasteiger partial charge in [-0.25, -0.2) is 0 Å². The molecule has 2 heteroatoms. The summed E-state index contributed by atoms with van der Waals surface area (Å²) in [6.45, 7) is 8.03. The van der Waals surface area contributed by atoms with E-state index in [0.717, 1.165) is 5.92 Å². The lowest BCUT2D eigenvalue weighted by Gasteiger charge is -2.28. The summed E-state index contributed by atoms with van der Waals surface area (Å²) in [5.74, 6) is 0.748. The zero-order valence-corrected chi connectivity index (χ0v) is 9.84. The first-order valence-electron chi connectivity index (χ1n) is 6.25. The largest absolute Gasteiger partial charge is 0.327 e. The SMILES string of the molecule is CCN(CC)CC1CCCCCC1N. The Bertz CT molecular complexity index is 143. The molecule has 84 valence electrons. The molecule has 1 rings (SSSR count). The zero-order chi connectivity index (χ0) is 10.4. The molecular weight excluding hydrogens is 172 g/mol. The Balaban J connectivity index is 2.39. The molecule has 0 aromatic heterocycles. The van der Waals surface area contributed by atoms with E-state index in [-0.39, 0.29) is 0 Å². The summed E-state index contributed by atoms with van der Waals surface area (Å²) in [7, 11) is 0. The predicted octanol–water partition coefficient (Wildman–Crippen LogP) is 2.24. The molecule has 14 heavy (non-hydrogen) atoms. The summed E-state index contributed by atoms with van der Waals surface area (Å²) < 4.78 is 0. The molecule has 1 fully saturated rings. The van der Waals surface area contributed by atoms with Gasteiger partial charge in [-0.15, -0.1) is 0 Å². The quantitative estimate of drug-likeness (QED) is 0.702. The fourth-order valence-electron chi connectivity index (χ4n) is 2.45. The Morgan fingerprint density at radius 3 is 2.36 bits per heavy atom. The summed E-state index contributed by atoms with van der Waals surface area (Å²) in [5.41, 5.74) is 6.21. The highest BCUT2D eigenvalue weighted by atomic mass is 15.1. The topological polar surface area (TPSA) is 29.3 Å². The Morgan fingerprint density at radius 1 is 1.07 bits per heavy atom. The van der Waals surface area contributed by atoms with Gasteiger partial charge in [-0.1, -0.05) is 33.1 Å². The van der Waals surface area contributed by atoms with Crippen LogP contribution >= 0.6 is 0 Å². The number of hydrogen-bond donors (Lipinski definition) is 1. The molecule has 0 amide bonds. The zero-order valence-electron chi connectivity index (χ0n) is 9.84. The van der Waals surface area contributed by atoms with Crippen LogP contribution in [0.15, 0.2) is 0 Å². The number of nitrogens with two attached hydrogens (primary N) is 1. The van der Waals surface area contributed by atoms with Gasteiger partial charge < -0.3 is 10.6 Å². The van der Waals surface area contributed by atoms with Gasteiger partial charge in [0.25, 0.3) is 0 Å². The van der Waals surface area contributed by atoms with Crippen molar-refractivity contribution in [1.82, 2.24) is 4.90 Å². The van der Waals surface area contributed by atoms with Crippen LogP contribution in [0.4, 0.5) is 0 Å². The Labute approximate surface area is 88.8 Å². The molecule has 1 aliphatic rings. The number of rotatable bonds is 4. The third-order valence-electron chi connectivity index (χ3n) is 3.61. The maximum atomic E-state index is 6.21. The minimum Gasteiger partial charge on any atom is -0.327 e. The Hall–Kier alpha value is -0.0800. The maximum Gasteiger partial charge on any atom is 0.00793 e. The van der Waals surface area contributed by atoms with Crippen molar-refractivity contribution in [2.24, 2.45) is 11.7 Å². The Morgan fingerprint density at radius 2 is 1.71 bits per heavy atom. The monoisotopic (exact) mass is 198 g/mol. The van der Waals surface area contributed by atoms with Crippen molar-refractivity contribution in [2.75, 3.05) is 19.6 Å². The fraction of sp³-hybridized carbons (Fsp3) is 1.00. The van der Waals surface area contributed by atoms with Gasteiger partial charge in [0, 0.05) is 12.6 Å². The second kappa shape index (κ2) is 6.41. The van der Waals surface area contributed by atoms with E-state index in [4.69, 9.17) is 5.73 Å². The van der Waals surface area contributed by atoms with Crippen LogP contribution in [-0.2, 0) is 0 Å². The van der Waals surface area contributed by atoms with Crippen molar-refractivity contribution in [1.29, 1.82) is 0 Å². The molecule has 0 saturated heterocycles. The second-order valence-corrected chi connectivity index (χ2v) is 4.55. The van der Waals surface area contributed by atoms with Gasteiger partial charge in [-0.2, -0.15) is 0 Å². The molecule has 0 radical (unpaired) electrons. The van der Waals surface area contributed by atoms with E-state index in [1.54, 1.807) is 0 Å². The van der Waals surface area contributed by atoms with Crippen LogP contribution < -0.4 is 5.73 Å². The molecule has 2 N–H and O–H groups in total. The summed E-state index contributed by atoms with van der Waals surface area (Å²) in [5, 5.41) is 0. The second-order valence-electron chi connectivity index (χ2n) is 4.55. The third-order valence-corrected chi connectivity index (χ3v) is 3.61. The number of hydrogen-bond acceptors (Lipinski definition) is 2. The van der Waals surface area contributed by atoms with Gasteiger partial charge in [-0.05, 0) is 31.8 Å². The minimum absolute atomic E-state index is 0.457. The minimum atomic E-state index is 0.457. The lowest BCUT2D eigenvalue weighted by atomic mass is 9.95. The lowest BCUT2D eigenvalue weighted by molar-refractivity contribution is 0.224. The summed E-state index contributed by atoms with van der Waals surface area (Å²) in [6, 6.07) is 0.457. The highest BCUT2D eigenvalue weighted by molar-refractivity contribution is 4.78. The van der Waals surface area contributed by atoms with Gasteiger partial charge in [-0.3, -0.25) is 0 Å². The molecule has 1 saturated carbocycles. The maximum absolute atomic E-state index is 6.21. The highest BCUT2D eigenvalue weighted by Gasteiger charge is 2.21. The molecule has 2 nitrogen and oxygen atoms in total. The molecule has 1 aliphatic carbocycles. The first-order chi connectivity index (χ1) is 6.77. The van der Waals surface area contributed by atoms with Gasteiger partial charge >= 0.3 is 0 Å². The van der Waals surface area contributed by atoms with Crippen molar-refractivity contribution in [3.63, 3.8) is 0 Å². The molecule has 0 spiro atoms. The standard InChI is InChI=1S/C12H26N2/c1-3-14(4-2)10-11-8-6-5-7-9-12(11)13/h11-12H,3-10,13H2,1-2H3. The van der Waals surface area contributed by atoms with E-state index in [1.807, 2.05) is 0 Å². The van der Waals surface area contributed by atoms with Crippen LogP contribution in [0.2, 0.25) is 0 Å². The van der Waals surface area contributed by atoms with Crippen LogP contribution in [-0.4, -0.2) is 30.6 Å². The van der Waals surface area contributed by atoms with E-state index in [9.17, 15) is 0 Å². The van der Waals surface area contributed by atoms with Gasteiger partial charge in [0.1, 0.15) is 0 Å². The smallest absolute Gasteiger partial charge is 0.00793 e. The fourth-order valence-corrected chi connectivity index (χ4v) is 2.45. The van der Waals surface area contributed by atoms with Crippen LogP contribution in [0.3, 0.4) is 0 Å². The van der Waals surface area contributed by atoms with Crippen molar-refractivity contribution < 1.29 is 0 Å². The van der Waals surface area contributed by atoms with Crippen molar-refractivity contribution >= 4 is 0 Å². The highest BCUT2D eigenvalue weighted by Crippen LogP contribution is 2.22. The van der Waals surface area contributed by atoms with Crippen LogP contribution in [0.1, 0.15) is 46.0 Å². The van der Waals surface area contributed by atoms with Crippen LogP contribution in [0, 0.1) is 5.92 Å².